The third kappa shape index (κ3) is 4.35. The molecule has 0 unspecified atom stereocenters. The van der Waals surface area contributed by atoms with Gasteiger partial charge in [-0.15, -0.1) is 11.3 Å². The number of hydrogen-bond donors (Lipinski definition) is 1. The van der Waals surface area contributed by atoms with Crippen molar-refractivity contribution in [2.45, 2.75) is 45.4 Å². The molecule has 0 fully saturated rings. The van der Waals surface area contributed by atoms with Gasteiger partial charge in [0, 0.05) is 4.88 Å². The Hall–Kier alpha value is -3.11. The number of nitrogens with zero attached hydrogens (tertiary/aromatic N) is 2. The summed E-state index contributed by atoms with van der Waals surface area (Å²) < 4.78 is 11.2. The van der Waals surface area contributed by atoms with Crippen LogP contribution in [0.25, 0.3) is 21.9 Å². The first kappa shape index (κ1) is 21.1. The van der Waals surface area contributed by atoms with Crippen LogP contribution in [0.4, 0.5) is 0 Å². The van der Waals surface area contributed by atoms with Crippen molar-refractivity contribution in [3.05, 3.63) is 50.4 Å². The quantitative estimate of drug-likeness (QED) is 0.411. The Kier molecular flexibility index (Phi) is 6.38. The van der Waals surface area contributed by atoms with Gasteiger partial charge in [-0.05, 0) is 61.4 Å². The zero-order chi connectivity index (χ0) is 21.8. The summed E-state index contributed by atoms with van der Waals surface area (Å²) >= 11 is 1.58. The van der Waals surface area contributed by atoms with Gasteiger partial charge in [0.25, 0.3) is 5.56 Å². The summed E-state index contributed by atoms with van der Waals surface area (Å²) in [5.41, 5.74) is 2.05. The van der Waals surface area contributed by atoms with E-state index in [1.54, 1.807) is 24.5 Å². The Balaban J connectivity index is 1.72. The summed E-state index contributed by atoms with van der Waals surface area (Å²) in [6, 6.07) is 7.69. The molecule has 0 spiro atoms. The minimum absolute atomic E-state index is 0.168. The molecule has 0 amide bonds. The van der Waals surface area contributed by atoms with Crippen molar-refractivity contribution >= 4 is 33.2 Å². The number of nitrogens with one attached hydrogen (secondary N) is 1. The molecule has 0 radical (unpaired) electrons. The number of unbranched alkanes of at least 4 members (excludes halogenated alkanes) is 1. The highest BCUT2D eigenvalue weighted by Gasteiger charge is 2.20. The average Bonchev–Trinajstić information content (AvgIpc) is 3.16. The van der Waals surface area contributed by atoms with E-state index >= 15 is 0 Å². The van der Waals surface area contributed by atoms with E-state index in [1.807, 2.05) is 18.2 Å². The maximum Gasteiger partial charge on any atom is 0.260 e. The molecule has 2 heterocycles. The summed E-state index contributed by atoms with van der Waals surface area (Å²) in [5, 5.41) is 10.5. The van der Waals surface area contributed by atoms with Crippen molar-refractivity contribution in [3.8, 4) is 17.6 Å². The maximum atomic E-state index is 12.8. The van der Waals surface area contributed by atoms with Gasteiger partial charge in [0.1, 0.15) is 10.9 Å². The molecule has 6 nitrogen and oxygen atoms in total. The number of aromatic nitrogens is 2. The normalized spacial score (nSPS) is 13.6. The summed E-state index contributed by atoms with van der Waals surface area (Å²) in [5.74, 6) is 1.57. The Labute approximate surface area is 185 Å². The molecule has 0 saturated heterocycles. The number of hydrogen-bond acceptors (Lipinski definition) is 6. The van der Waals surface area contributed by atoms with E-state index in [0.717, 1.165) is 49.7 Å². The highest BCUT2D eigenvalue weighted by molar-refractivity contribution is 7.18. The van der Waals surface area contributed by atoms with Crippen LogP contribution in [0, 0.1) is 11.3 Å². The Morgan fingerprint density at radius 1 is 1.32 bits per heavy atom. The number of rotatable bonds is 7. The second kappa shape index (κ2) is 9.36. The number of thiophene rings is 1. The number of fused-ring (bicyclic) bond motifs is 3. The van der Waals surface area contributed by atoms with Crippen molar-refractivity contribution in [1.29, 1.82) is 5.26 Å². The molecule has 2 aromatic heterocycles. The number of methoxy groups -OCH3 is 1. The van der Waals surface area contributed by atoms with E-state index in [1.165, 1.54) is 4.88 Å². The molecule has 0 atom stereocenters. The van der Waals surface area contributed by atoms with Gasteiger partial charge in [-0.25, -0.2) is 4.98 Å². The van der Waals surface area contributed by atoms with Crippen molar-refractivity contribution in [2.75, 3.05) is 13.7 Å². The second-order valence-electron chi connectivity index (χ2n) is 7.59. The predicted molar refractivity (Wildman–Crippen MR) is 124 cm³/mol. The lowest BCUT2D eigenvalue weighted by atomic mass is 9.97. The monoisotopic (exact) mass is 435 g/mol. The average molecular weight is 436 g/mol. The van der Waals surface area contributed by atoms with Crippen LogP contribution in [-0.4, -0.2) is 23.7 Å². The van der Waals surface area contributed by atoms with Crippen LogP contribution >= 0.6 is 11.3 Å². The van der Waals surface area contributed by atoms with E-state index in [2.05, 4.69) is 23.0 Å². The number of allylic oxidation sites excluding steroid dienone is 1. The first-order valence-electron chi connectivity index (χ1n) is 10.6. The topological polar surface area (TPSA) is 88.0 Å². The molecule has 1 aliphatic carbocycles. The van der Waals surface area contributed by atoms with Crippen LogP contribution < -0.4 is 15.0 Å². The molecular weight excluding hydrogens is 410 g/mol. The standard InChI is InChI=1S/C24H25N3O3S/c1-3-4-11-30-19-13-15(9-10-18(19)29-2)12-16(14-25)22-26-23(28)21-17-7-5-6-8-20(17)31-24(21)27-22/h9-10,12-13H,3-8,11H2,1-2H3,(H,26,27,28)/b16-12+. The Morgan fingerprint density at radius 2 is 2.16 bits per heavy atom. The van der Waals surface area contributed by atoms with Gasteiger partial charge < -0.3 is 14.5 Å². The smallest absolute Gasteiger partial charge is 0.260 e. The highest BCUT2D eigenvalue weighted by Crippen LogP contribution is 2.34. The van der Waals surface area contributed by atoms with Crippen LogP contribution in [0.2, 0.25) is 0 Å². The van der Waals surface area contributed by atoms with Gasteiger partial charge in [-0.3, -0.25) is 4.79 Å². The molecular formula is C24H25N3O3S. The molecule has 0 aliphatic heterocycles. The van der Waals surface area contributed by atoms with E-state index in [-0.39, 0.29) is 5.56 Å². The van der Waals surface area contributed by atoms with Gasteiger partial charge in [-0.2, -0.15) is 5.26 Å². The molecule has 1 aliphatic rings. The summed E-state index contributed by atoms with van der Waals surface area (Å²) in [7, 11) is 1.60. The molecule has 3 aromatic rings. The predicted octanol–water partition coefficient (Wildman–Crippen LogP) is 5.12. The summed E-state index contributed by atoms with van der Waals surface area (Å²) in [6.45, 7) is 2.70. The van der Waals surface area contributed by atoms with Crippen LogP contribution in [0.5, 0.6) is 11.5 Å². The van der Waals surface area contributed by atoms with Gasteiger partial charge in [0.2, 0.25) is 0 Å². The molecule has 0 bridgehead atoms. The van der Waals surface area contributed by atoms with E-state index < -0.39 is 0 Å². The van der Waals surface area contributed by atoms with Crippen molar-refractivity contribution < 1.29 is 9.47 Å². The van der Waals surface area contributed by atoms with Gasteiger partial charge in [0.05, 0.1) is 24.7 Å². The number of nitriles is 1. The van der Waals surface area contributed by atoms with E-state index in [9.17, 15) is 10.1 Å². The third-order valence-electron chi connectivity index (χ3n) is 5.45. The fourth-order valence-corrected chi connectivity index (χ4v) is 5.10. The van der Waals surface area contributed by atoms with Crippen LogP contribution in [-0.2, 0) is 12.8 Å². The minimum atomic E-state index is -0.168. The lowest BCUT2D eigenvalue weighted by molar-refractivity contribution is 0.288. The van der Waals surface area contributed by atoms with Crippen LogP contribution in [0.15, 0.2) is 23.0 Å². The Morgan fingerprint density at radius 3 is 2.94 bits per heavy atom. The molecule has 31 heavy (non-hydrogen) atoms. The molecule has 1 N–H and O–H groups in total. The zero-order valence-corrected chi connectivity index (χ0v) is 18.6. The number of H-pyrrole nitrogens is 1. The largest absolute Gasteiger partial charge is 0.493 e. The van der Waals surface area contributed by atoms with Gasteiger partial charge in [0.15, 0.2) is 17.3 Å². The third-order valence-corrected chi connectivity index (χ3v) is 6.64. The number of benzene rings is 1. The molecule has 4 rings (SSSR count). The maximum absolute atomic E-state index is 12.8. The zero-order valence-electron chi connectivity index (χ0n) is 17.8. The van der Waals surface area contributed by atoms with Crippen LogP contribution in [0.1, 0.15) is 54.4 Å². The highest BCUT2D eigenvalue weighted by atomic mass is 32.1. The fraction of sp³-hybridized carbons (Fsp3) is 0.375. The summed E-state index contributed by atoms with van der Waals surface area (Å²) in [6.07, 6.45) is 7.86. The lowest BCUT2D eigenvalue weighted by Gasteiger charge is -2.11. The summed E-state index contributed by atoms with van der Waals surface area (Å²) in [4.78, 5) is 22.3. The van der Waals surface area contributed by atoms with Gasteiger partial charge in [-0.1, -0.05) is 19.4 Å². The van der Waals surface area contributed by atoms with Crippen LogP contribution in [0.3, 0.4) is 0 Å². The van der Waals surface area contributed by atoms with Crippen molar-refractivity contribution in [3.63, 3.8) is 0 Å². The van der Waals surface area contributed by atoms with E-state index in [4.69, 9.17) is 9.47 Å². The molecule has 1 aromatic carbocycles. The number of ether oxygens (including phenoxy) is 2. The molecule has 160 valence electrons. The first-order chi connectivity index (χ1) is 15.1. The minimum Gasteiger partial charge on any atom is -0.493 e. The number of aryl methyl sites for hydroxylation is 2. The van der Waals surface area contributed by atoms with Crippen molar-refractivity contribution in [2.24, 2.45) is 0 Å². The lowest BCUT2D eigenvalue weighted by Crippen LogP contribution is -2.12. The van der Waals surface area contributed by atoms with E-state index in [0.29, 0.717) is 39.7 Å². The molecule has 7 heteroatoms. The molecule has 0 saturated carbocycles. The van der Waals surface area contributed by atoms with Crippen molar-refractivity contribution in [1.82, 2.24) is 9.97 Å². The fourth-order valence-electron chi connectivity index (χ4n) is 3.83. The second-order valence-corrected chi connectivity index (χ2v) is 8.67. The SMILES string of the molecule is CCCCOc1cc(/C=C(\C#N)c2nc3sc4c(c3c(=O)[nH]2)CCCC4)ccc1OC. The Bertz CT molecular complexity index is 1230. The first-order valence-corrected chi connectivity index (χ1v) is 11.4. The number of aromatic amines is 1. The van der Waals surface area contributed by atoms with Gasteiger partial charge >= 0.3 is 0 Å².